The summed E-state index contributed by atoms with van der Waals surface area (Å²) in [5.74, 6) is 1.49. The zero-order valence-corrected chi connectivity index (χ0v) is 25.5. The summed E-state index contributed by atoms with van der Waals surface area (Å²) in [5.41, 5.74) is 5.45. The van der Waals surface area contributed by atoms with Crippen LogP contribution in [0, 0.1) is 6.92 Å². The minimum atomic E-state index is -3.61. The third kappa shape index (κ3) is 5.58. The van der Waals surface area contributed by atoms with Crippen molar-refractivity contribution in [3.05, 3.63) is 54.5 Å². The van der Waals surface area contributed by atoms with Crippen LogP contribution in [0.3, 0.4) is 0 Å². The lowest BCUT2D eigenvalue weighted by Crippen LogP contribution is -2.44. The zero-order valence-electron chi connectivity index (χ0n) is 24.7. The SMILES string of the molecule is COc1cc(N2CCN(C)CC2)c(C)cc1Nc1nc(Nc2ccc3nccnc3c2N(C)S(C)(=O)=O)c2cc[nH]c2n1. The Morgan fingerprint density at radius 2 is 1.77 bits per heavy atom. The van der Waals surface area contributed by atoms with Crippen LogP contribution in [0.4, 0.5) is 34.5 Å². The van der Waals surface area contributed by atoms with E-state index in [9.17, 15) is 8.42 Å². The molecule has 2 aromatic carbocycles. The van der Waals surface area contributed by atoms with Crippen molar-refractivity contribution in [1.29, 1.82) is 0 Å². The smallest absolute Gasteiger partial charge is 0.232 e. The fourth-order valence-electron chi connectivity index (χ4n) is 5.28. The summed E-state index contributed by atoms with van der Waals surface area (Å²) in [6, 6.07) is 9.51. The van der Waals surface area contributed by atoms with Crippen molar-refractivity contribution in [3.8, 4) is 5.75 Å². The van der Waals surface area contributed by atoms with Crippen LogP contribution in [-0.2, 0) is 10.0 Å². The van der Waals surface area contributed by atoms with Crippen LogP contribution in [0.25, 0.3) is 22.1 Å². The van der Waals surface area contributed by atoms with E-state index in [0.717, 1.165) is 54.8 Å². The van der Waals surface area contributed by atoms with E-state index in [4.69, 9.17) is 9.72 Å². The number of methoxy groups -OCH3 is 1. The average Bonchev–Trinajstić information content (AvgIpc) is 3.46. The first-order chi connectivity index (χ1) is 20.6. The summed E-state index contributed by atoms with van der Waals surface area (Å²) in [5, 5.41) is 7.41. The predicted octanol–water partition coefficient (Wildman–Crippen LogP) is 3.85. The molecule has 1 saturated heterocycles. The number of benzene rings is 2. The van der Waals surface area contributed by atoms with Gasteiger partial charge in [0.2, 0.25) is 16.0 Å². The molecule has 224 valence electrons. The van der Waals surface area contributed by atoms with Gasteiger partial charge in [0, 0.05) is 63.6 Å². The summed E-state index contributed by atoms with van der Waals surface area (Å²) in [6.07, 6.45) is 6.03. The van der Waals surface area contributed by atoms with E-state index in [2.05, 4.69) is 60.4 Å². The summed E-state index contributed by atoms with van der Waals surface area (Å²) >= 11 is 0. The predicted molar refractivity (Wildman–Crippen MR) is 171 cm³/mol. The number of rotatable bonds is 8. The van der Waals surface area contributed by atoms with Crippen molar-refractivity contribution >= 4 is 66.6 Å². The normalized spacial score (nSPS) is 14.3. The van der Waals surface area contributed by atoms with Gasteiger partial charge in [-0.1, -0.05) is 0 Å². The topological polar surface area (TPSA) is 144 Å². The number of aromatic amines is 1. The van der Waals surface area contributed by atoms with Crippen LogP contribution in [0.15, 0.2) is 48.9 Å². The number of likely N-dealkylation sites (N-methyl/N-ethyl adjacent to an activating group) is 1. The number of aromatic nitrogens is 5. The highest BCUT2D eigenvalue weighted by Crippen LogP contribution is 2.38. The van der Waals surface area contributed by atoms with Gasteiger partial charge in [0.05, 0.1) is 35.6 Å². The van der Waals surface area contributed by atoms with E-state index in [1.165, 1.54) is 17.5 Å². The fourth-order valence-corrected chi connectivity index (χ4v) is 5.80. The molecule has 3 aromatic heterocycles. The van der Waals surface area contributed by atoms with Crippen LogP contribution in [0.5, 0.6) is 5.75 Å². The molecule has 5 aromatic rings. The molecule has 14 heteroatoms. The molecule has 0 bridgehead atoms. The lowest BCUT2D eigenvalue weighted by atomic mass is 10.1. The Morgan fingerprint density at radius 1 is 1.00 bits per heavy atom. The molecule has 6 rings (SSSR count). The number of sulfonamides is 1. The quantitative estimate of drug-likeness (QED) is 0.238. The molecule has 0 aliphatic carbocycles. The third-order valence-electron chi connectivity index (χ3n) is 7.70. The van der Waals surface area contributed by atoms with Gasteiger partial charge in [-0.3, -0.25) is 14.3 Å². The van der Waals surface area contributed by atoms with E-state index in [1.807, 2.05) is 12.1 Å². The number of hydrogen-bond donors (Lipinski definition) is 3. The van der Waals surface area contributed by atoms with Gasteiger partial charge in [0.1, 0.15) is 28.4 Å². The number of ether oxygens (including phenoxy) is 1. The molecular formula is C29H34N10O3S. The van der Waals surface area contributed by atoms with Gasteiger partial charge in [-0.05, 0) is 43.8 Å². The summed E-state index contributed by atoms with van der Waals surface area (Å²) in [7, 11) is 1.66. The Kier molecular flexibility index (Phi) is 7.40. The average molecular weight is 603 g/mol. The number of fused-ring (bicyclic) bond motifs is 2. The number of nitrogens with zero attached hydrogens (tertiary/aromatic N) is 7. The maximum absolute atomic E-state index is 12.6. The van der Waals surface area contributed by atoms with E-state index in [0.29, 0.717) is 45.6 Å². The highest BCUT2D eigenvalue weighted by molar-refractivity contribution is 7.92. The fraction of sp³-hybridized carbons (Fsp3) is 0.310. The maximum atomic E-state index is 12.6. The van der Waals surface area contributed by atoms with Crippen molar-refractivity contribution < 1.29 is 13.2 Å². The van der Waals surface area contributed by atoms with Gasteiger partial charge < -0.3 is 30.2 Å². The molecule has 1 fully saturated rings. The van der Waals surface area contributed by atoms with E-state index in [-0.39, 0.29) is 0 Å². The third-order valence-corrected chi connectivity index (χ3v) is 8.88. The Hall–Kier alpha value is -4.69. The zero-order chi connectivity index (χ0) is 30.3. The second-order valence-electron chi connectivity index (χ2n) is 10.6. The number of aryl methyl sites for hydroxylation is 1. The number of hydrogen-bond acceptors (Lipinski definition) is 11. The highest BCUT2D eigenvalue weighted by Gasteiger charge is 2.23. The van der Waals surface area contributed by atoms with Crippen molar-refractivity contribution in [2.75, 3.05) is 73.5 Å². The Balaban J connectivity index is 1.38. The molecule has 1 aliphatic rings. The van der Waals surface area contributed by atoms with Gasteiger partial charge in [-0.25, -0.2) is 8.42 Å². The molecule has 0 spiro atoms. The molecule has 0 saturated carbocycles. The first kappa shape index (κ1) is 28.4. The number of piperazine rings is 1. The molecule has 43 heavy (non-hydrogen) atoms. The molecular weight excluding hydrogens is 568 g/mol. The molecule has 4 heterocycles. The Bertz CT molecular complexity index is 1920. The lowest BCUT2D eigenvalue weighted by molar-refractivity contribution is 0.312. The maximum Gasteiger partial charge on any atom is 0.232 e. The molecule has 0 unspecified atom stereocenters. The monoisotopic (exact) mass is 602 g/mol. The molecule has 1 aliphatic heterocycles. The first-order valence-electron chi connectivity index (χ1n) is 13.8. The molecule has 0 amide bonds. The Labute approximate surface area is 250 Å². The van der Waals surface area contributed by atoms with Crippen LogP contribution in [0.2, 0.25) is 0 Å². The lowest BCUT2D eigenvalue weighted by Gasteiger charge is -2.35. The molecule has 13 nitrogen and oxygen atoms in total. The van der Waals surface area contributed by atoms with E-state index >= 15 is 0 Å². The summed E-state index contributed by atoms with van der Waals surface area (Å²) < 4.78 is 32.2. The van der Waals surface area contributed by atoms with Crippen molar-refractivity contribution in [3.63, 3.8) is 0 Å². The highest BCUT2D eigenvalue weighted by atomic mass is 32.2. The van der Waals surface area contributed by atoms with Gasteiger partial charge in [0.15, 0.2) is 0 Å². The number of nitrogens with one attached hydrogen (secondary N) is 3. The molecule has 0 atom stereocenters. The van der Waals surface area contributed by atoms with Crippen LogP contribution in [0.1, 0.15) is 5.56 Å². The number of H-pyrrole nitrogens is 1. The van der Waals surface area contributed by atoms with Gasteiger partial charge in [-0.15, -0.1) is 0 Å². The summed E-state index contributed by atoms with van der Waals surface area (Å²) in [6.45, 7) is 6.00. The van der Waals surface area contributed by atoms with Gasteiger partial charge in [0.25, 0.3) is 0 Å². The minimum absolute atomic E-state index is 0.334. The summed E-state index contributed by atoms with van der Waals surface area (Å²) in [4.78, 5) is 26.1. The van der Waals surface area contributed by atoms with Crippen LogP contribution >= 0.6 is 0 Å². The minimum Gasteiger partial charge on any atom is -0.494 e. The van der Waals surface area contributed by atoms with Crippen LogP contribution < -0.4 is 24.6 Å². The van der Waals surface area contributed by atoms with Crippen LogP contribution in [-0.4, -0.2) is 91.9 Å². The van der Waals surface area contributed by atoms with Gasteiger partial charge in [-0.2, -0.15) is 9.97 Å². The number of anilines is 6. The Morgan fingerprint density at radius 3 is 2.51 bits per heavy atom. The van der Waals surface area contributed by atoms with Crippen molar-refractivity contribution in [1.82, 2.24) is 29.8 Å². The second-order valence-corrected chi connectivity index (χ2v) is 12.6. The second kappa shape index (κ2) is 11.2. The largest absolute Gasteiger partial charge is 0.494 e. The van der Waals surface area contributed by atoms with Crippen molar-refractivity contribution in [2.24, 2.45) is 0 Å². The van der Waals surface area contributed by atoms with E-state index in [1.54, 1.807) is 31.6 Å². The molecule has 3 N–H and O–H groups in total. The van der Waals surface area contributed by atoms with Crippen molar-refractivity contribution in [2.45, 2.75) is 6.92 Å². The van der Waals surface area contributed by atoms with Gasteiger partial charge >= 0.3 is 0 Å². The first-order valence-corrected chi connectivity index (χ1v) is 15.7. The standard InChI is InChI=1S/C29H34N10O3S/c1-18-16-22(24(42-4)17-23(18)39-14-12-37(2)13-15-39)34-29-35-27-19(8-9-32-27)28(36-29)33-21-7-6-20-25(31-11-10-30-20)26(21)38(3)43(5,40)41/h6-11,16-17H,12-15H2,1-5H3,(H3,32,33,34,35,36). The van der Waals surface area contributed by atoms with E-state index < -0.39 is 10.0 Å². The molecule has 0 radical (unpaired) electrons.